The molecule has 1 fully saturated rings. The molecule has 1 aliphatic heterocycles. The number of Topliss-reactive ketones (excluding diaryl/α,β-unsaturated/α-hetero) is 1. The van der Waals surface area contributed by atoms with Crippen LogP contribution in [0.5, 0.6) is 5.75 Å². The van der Waals surface area contributed by atoms with Gasteiger partial charge in [-0.3, -0.25) is 9.59 Å². The van der Waals surface area contributed by atoms with E-state index in [1.54, 1.807) is 18.2 Å². The van der Waals surface area contributed by atoms with E-state index in [9.17, 15) is 18.0 Å². The highest BCUT2D eigenvalue weighted by Crippen LogP contribution is 2.25. The summed E-state index contributed by atoms with van der Waals surface area (Å²) < 4.78 is 30.0. The van der Waals surface area contributed by atoms with Crippen LogP contribution in [0.25, 0.3) is 0 Å². The SMILES string of the molecule is CC(=O)c1ccc(C)cc1OC(=O)C1CCCN(S(C)(=O)=O)C1. The van der Waals surface area contributed by atoms with Crippen LogP contribution in [-0.2, 0) is 14.8 Å². The minimum absolute atomic E-state index is 0.124. The summed E-state index contributed by atoms with van der Waals surface area (Å²) in [6.45, 7) is 3.80. The lowest BCUT2D eigenvalue weighted by Crippen LogP contribution is -2.42. The van der Waals surface area contributed by atoms with Gasteiger partial charge in [0.2, 0.25) is 10.0 Å². The van der Waals surface area contributed by atoms with Crippen LogP contribution in [0.15, 0.2) is 18.2 Å². The third-order valence-electron chi connectivity index (χ3n) is 3.91. The Morgan fingerprint density at radius 1 is 1.30 bits per heavy atom. The molecule has 1 heterocycles. The number of benzene rings is 1. The van der Waals surface area contributed by atoms with Gasteiger partial charge < -0.3 is 4.74 Å². The van der Waals surface area contributed by atoms with Gasteiger partial charge in [-0.05, 0) is 44.4 Å². The molecule has 0 aliphatic carbocycles. The van der Waals surface area contributed by atoms with E-state index >= 15 is 0 Å². The molecule has 126 valence electrons. The molecule has 1 aliphatic rings. The lowest BCUT2D eigenvalue weighted by molar-refractivity contribution is -0.140. The Morgan fingerprint density at radius 2 is 2.00 bits per heavy atom. The van der Waals surface area contributed by atoms with Crippen LogP contribution < -0.4 is 4.74 Å². The highest BCUT2D eigenvalue weighted by Gasteiger charge is 2.31. The fourth-order valence-corrected chi connectivity index (χ4v) is 3.54. The number of hydrogen-bond acceptors (Lipinski definition) is 5. The summed E-state index contributed by atoms with van der Waals surface area (Å²) in [6.07, 6.45) is 2.32. The van der Waals surface area contributed by atoms with Crippen molar-refractivity contribution in [3.8, 4) is 5.75 Å². The molecule has 1 unspecified atom stereocenters. The van der Waals surface area contributed by atoms with Gasteiger partial charge in [-0.15, -0.1) is 0 Å². The van der Waals surface area contributed by atoms with Crippen molar-refractivity contribution in [1.29, 1.82) is 0 Å². The van der Waals surface area contributed by atoms with Crippen molar-refractivity contribution < 1.29 is 22.7 Å². The van der Waals surface area contributed by atoms with E-state index in [-0.39, 0.29) is 18.1 Å². The Kier molecular flexibility index (Phi) is 5.21. The maximum atomic E-state index is 12.4. The number of piperidine rings is 1. The van der Waals surface area contributed by atoms with E-state index in [4.69, 9.17) is 4.74 Å². The fourth-order valence-electron chi connectivity index (χ4n) is 2.63. The first-order valence-electron chi connectivity index (χ1n) is 7.47. The van der Waals surface area contributed by atoms with Crippen LogP contribution in [0.4, 0.5) is 0 Å². The predicted molar refractivity (Wildman–Crippen MR) is 86.0 cm³/mol. The van der Waals surface area contributed by atoms with Gasteiger partial charge in [-0.1, -0.05) is 6.07 Å². The summed E-state index contributed by atoms with van der Waals surface area (Å²) in [4.78, 5) is 24.0. The van der Waals surface area contributed by atoms with Crippen LogP contribution >= 0.6 is 0 Å². The monoisotopic (exact) mass is 339 g/mol. The molecule has 1 aromatic rings. The van der Waals surface area contributed by atoms with Crippen molar-refractivity contribution >= 4 is 21.8 Å². The largest absolute Gasteiger partial charge is 0.425 e. The maximum absolute atomic E-state index is 12.4. The molecule has 1 atom stereocenters. The molecule has 0 bridgehead atoms. The molecular weight excluding hydrogens is 318 g/mol. The maximum Gasteiger partial charge on any atom is 0.315 e. The number of ketones is 1. The molecule has 23 heavy (non-hydrogen) atoms. The smallest absolute Gasteiger partial charge is 0.315 e. The zero-order valence-electron chi connectivity index (χ0n) is 13.5. The van der Waals surface area contributed by atoms with E-state index in [2.05, 4.69) is 0 Å². The summed E-state index contributed by atoms with van der Waals surface area (Å²) in [5.41, 5.74) is 1.22. The number of carbonyl (C=O) groups is 2. The quantitative estimate of drug-likeness (QED) is 0.474. The Bertz CT molecular complexity index is 726. The van der Waals surface area contributed by atoms with E-state index in [1.165, 1.54) is 11.2 Å². The van der Waals surface area contributed by atoms with Crippen molar-refractivity contribution in [2.75, 3.05) is 19.3 Å². The average molecular weight is 339 g/mol. The van der Waals surface area contributed by atoms with Crippen LogP contribution in [0, 0.1) is 12.8 Å². The van der Waals surface area contributed by atoms with Crippen LogP contribution in [-0.4, -0.2) is 43.8 Å². The first-order valence-corrected chi connectivity index (χ1v) is 9.31. The zero-order chi connectivity index (χ0) is 17.2. The normalized spacial score (nSPS) is 19.3. The topological polar surface area (TPSA) is 80.8 Å². The van der Waals surface area contributed by atoms with Gasteiger partial charge in [-0.25, -0.2) is 12.7 Å². The van der Waals surface area contributed by atoms with Crippen molar-refractivity contribution in [2.24, 2.45) is 5.92 Å². The number of ether oxygens (including phenoxy) is 1. The lowest BCUT2D eigenvalue weighted by Gasteiger charge is -2.29. The van der Waals surface area contributed by atoms with Gasteiger partial charge >= 0.3 is 5.97 Å². The molecule has 1 aromatic carbocycles. The molecule has 0 N–H and O–H groups in total. The molecule has 0 amide bonds. The van der Waals surface area contributed by atoms with E-state index in [1.807, 2.05) is 6.92 Å². The molecular formula is C16H21NO5S. The van der Waals surface area contributed by atoms with Crippen molar-refractivity contribution in [3.63, 3.8) is 0 Å². The summed E-state index contributed by atoms with van der Waals surface area (Å²) in [5.74, 6) is -0.960. The molecule has 7 heteroatoms. The predicted octanol–water partition coefficient (Wildman–Crippen LogP) is 1.77. The molecule has 2 rings (SSSR count). The van der Waals surface area contributed by atoms with E-state index in [0.29, 0.717) is 24.9 Å². The Hall–Kier alpha value is -1.73. The van der Waals surface area contributed by atoms with Gasteiger partial charge in [-0.2, -0.15) is 0 Å². The first kappa shape index (κ1) is 17.6. The number of esters is 1. The van der Waals surface area contributed by atoms with Crippen molar-refractivity contribution in [2.45, 2.75) is 26.7 Å². The molecule has 1 saturated heterocycles. The second-order valence-electron chi connectivity index (χ2n) is 5.94. The lowest BCUT2D eigenvalue weighted by atomic mass is 10.00. The number of rotatable bonds is 4. The standard InChI is InChI=1S/C16H21NO5S/c1-11-6-7-14(12(2)18)15(9-11)22-16(19)13-5-4-8-17(10-13)23(3,20)21/h6-7,9,13H,4-5,8,10H2,1-3H3. The first-order chi connectivity index (χ1) is 10.7. The van der Waals surface area contributed by atoms with Gasteiger partial charge in [0.15, 0.2) is 5.78 Å². The Morgan fingerprint density at radius 3 is 2.61 bits per heavy atom. The second-order valence-corrected chi connectivity index (χ2v) is 7.92. The fraction of sp³-hybridized carbons (Fsp3) is 0.500. The minimum atomic E-state index is -3.32. The van der Waals surface area contributed by atoms with Crippen LogP contribution in [0.3, 0.4) is 0 Å². The number of nitrogens with zero attached hydrogens (tertiary/aromatic N) is 1. The zero-order valence-corrected chi connectivity index (χ0v) is 14.4. The molecule has 0 aromatic heterocycles. The van der Waals surface area contributed by atoms with Gasteiger partial charge in [0, 0.05) is 13.1 Å². The highest BCUT2D eigenvalue weighted by molar-refractivity contribution is 7.88. The molecule has 0 spiro atoms. The van der Waals surface area contributed by atoms with Gasteiger partial charge in [0.1, 0.15) is 5.75 Å². The summed E-state index contributed by atoms with van der Waals surface area (Å²) >= 11 is 0. The van der Waals surface area contributed by atoms with Crippen molar-refractivity contribution in [1.82, 2.24) is 4.31 Å². The average Bonchev–Trinajstić information content (AvgIpc) is 2.46. The van der Waals surface area contributed by atoms with Crippen LogP contribution in [0.1, 0.15) is 35.7 Å². The highest BCUT2D eigenvalue weighted by atomic mass is 32.2. The minimum Gasteiger partial charge on any atom is -0.425 e. The van der Waals surface area contributed by atoms with E-state index in [0.717, 1.165) is 11.8 Å². The summed E-state index contributed by atoms with van der Waals surface area (Å²) in [5, 5.41) is 0. The van der Waals surface area contributed by atoms with Gasteiger partial charge in [0.05, 0.1) is 17.7 Å². The molecule has 0 radical (unpaired) electrons. The third-order valence-corrected chi connectivity index (χ3v) is 5.18. The molecule has 0 saturated carbocycles. The van der Waals surface area contributed by atoms with Gasteiger partial charge in [0.25, 0.3) is 0 Å². The second kappa shape index (κ2) is 6.80. The number of aryl methyl sites for hydroxylation is 1. The number of carbonyl (C=O) groups excluding carboxylic acids is 2. The summed E-state index contributed by atoms with van der Waals surface area (Å²) in [7, 11) is -3.32. The Labute approximate surface area is 136 Å². The third kappa shape index (κ3) is 4.39. The summed E-state index contributed by atoms with van der Waals surface area (Å²) in [6, 6.07) is 5.05. The van der Waals surface area contributed by atoms with Crippen LogP contribution in [0.2, 0.25) is 0 Å². The number of sulfonamides is 1. The number of hydrogen-bond donors (Lipinski definition) is 0. The van der Waals surface area contributed by atoms with Crippen molar-refractivity contribution in [3.05, 3.63) is 29.3 Å². The molecule has 6 nitrogen and oxygen atoms in total. The Balaban J connectivity index is 2.16. The van der Waals surface area contributed by atoms with E-state index < -0.39 is 21.9 Å².